The molecule has 1 heterocycles. The van der Waals surface area contributed by atoms with Crippen LogP contribution in [0.2, 0.25) is 0 Å². The number of hydrogen-bond donors (Lipinski definition) is 2. The smallest absolute Gasteiger partial charge is 0.268 e. The van der Waals surface area contributed by atoms with Crippen molar-refractivity contribution in [3.8, 4) is 0 Å². The van der Waals surface area contributed by atoms with Gasteiger partial charge in [-0.15, -0.1) is 11.3 Å². The highest BCUT2D eigenvalue weighted by Crippen LogP contribution is 2.16. The van der Waals surface area contributed by atoms with Crippen molar-refractivity contribution in [2.75, 3.05) is 0 Å². The van der Waals surface area contributed by atoms with E-state index in [4.69, 9.17) is 0 Å². The van der Waals surface area contributed by atoms with Crippen molar-refractivity contribution in [1.82, 2.24) is 10.6 Å². The van der Waals surface area contributed by atoms with Crippen LogP contribution in [0.4, 0.5) is 0 Å². The van der Waals surface area contributed by atoms with Gasteiger partial charge in [0.2, 0.25) is 0 Å². The SMILES string of the molecule is Cc1ccc(C(=O)N/C(=C\c2cccs2)C(=O)NC(C(C)C)C(C)C)cc1. The Morgan fingerprint density at radius 2 is 1.63 bits per heavy atom. The Morgan fingerprint density at radius 3 is 2.15 bits per heavy atom. The predicted octanol–water partition coefficient (Wildman–Crippen LogP) is 4.62. The number of thiophene rings is 1. The summed E-state index contributed by atoms with van der Waals surface area (Å²) in [6.45, 7) is 10.3. The lowest BCUT2D eigenvalue weighted by atomic mass is 9.93. The average Bonchev–Trinajstić information content (AvgIpc) is 3.11. The van der Waals surface area contributed by atoms with E-state index in [1.165, 1.54) is 11.3 Å². The summed E-state index contributed by atoms with van der Waals surface area (Å²) in [5, 5.41) is 7.81. The first-order valence-corrected chi connectivity index (χ1v) is 10.1. The van der Waals surface area contributed by atoms with E-state index in [1.807, 2.05) is 36.6 Å². The van der Waals surface area contributed by atoms with Crippen LogP contribution in [-0.2, 0) is 4.79 Å². The van der Waals surface area contributed by atoms with Gasteiger partial charge < -0.3 is 10.6 Å². The Kier molecular flexibility index (Phi) is 7.36. The first kappa shape index (κ1) is 20.9. The summed E-state index contributed by atoms with van der Waals surface area (Å²) >= 11 is 1.52. The quantitative estimate of drug-likeness (QED) is 0.684. The van der Waals surface area contributed by atoms with E-state index in [9.17, 15) is 9.59 Å². The molecule has 2 amide bonds. The zero-order chi connectivity index (χ0) is 20.0. The van der Waals surface area contributed by atoms with Crippen LogP contribution in [0, 0.1) is 18.8 Å². The Hall–Kier alpha value is -2.40. The number of benzene rings is 1. The van der Waals surface area contributed by atoms with Crippen LogP contribution < -0.4 is 10.6 Å². The highest BCUT2D eigenvalue weighted by atomic mass is 32.1. The summed E-state index contributed by atoms with van der Waals surface area (Å²) in [5.74, 6) is 0.0318. The molecule has 5 heteroatoms. The van der Waals surface area contributed by atoms with Crippen molar-refractivity contribution < 1.29 is 9.59 Å². The van der Waals surface area contributed by atoms with Crippen molar-refractivity contribution >= 4 is 29.2 Å². The second-order valence-electron chi connectivity index (χ2n) is 7.38. The number of carbonyl (C=O) groups is 2. The molecule has 0 spiro atoms. The lowest BCUT2D eigenvalue weighted by Gasteiger charge is -2.26. The molecule has 2 N–H and O–H groups in total. The van der Waals surface area contributed by atoms with Gasteiger partial charge in [-0.1, -0.05) is 51.5 Å². The number of aryl methyl sites for hydroxylation is 1. The summed E-state index contributed by atoms with van der Waals surface area (Å²) in [7, 11) is 0. The Balaban J connectivity index is 2.24. The predicted molar refractivity (Wildman–Crippen MR) is 113 cm³/mol. The summed E-state index contributed by atoms with van der Waals surface area (Å²) in [6, 6.07) is 11.1. The number of nitrogens with one attached hydrogen (secondary N) is 2. The molecule has 0 aliphatic carbocycles. The molecule has 2 aromatic rings. The molecule has 0 radical (unpaired) electrons. The van der Waals surface area contributed by atoms with E-state index in [0.717, 1.165) is 10.4 Å². The fourth-order valence-electron chi connectivity index (χ4n) is 2.91. The topological polar surface area (TPSA) is 58.2 Å². The van der Waals surface area contributed by atoms with E-state index >= 15 is 0 Å². The van der Waals surface area contributed by atoms with Crippen LogP contribution in [0.3, 0.4) is 0 Å². The molecule has 1 aromatic carbocycles. The van der Waals surface area contributed by atoms with Gasteiger partial charge in [-0.05, 0) is 48.4 Å². The zero-order valence-electron chi connectivity index (χ0n) is 16.6. The highest BCUT2D eigenvalue weighted by molar-refractivity contribution is 7.10. The molecule has 27 heavy (non-hydrogen) atoms. The van der Waals surface area contributed by atoms with Crippen LogP contribution >= 0.6 is 11.3 Å². The first-order valence-electron chi connectivity index (χ1n) is 9.22. The van der Waals surface area contributed by atoms with Crippen LogP contribution in [0.1, 0.15) is 48.5 Å². The molecular formula is C22H28N2O2S. The summed E-state index contributed by atoms with van der Waals surface area (Å²) in [5.41, 5.74) is 1.86. The molecule has 0 bridgehead atoms. The maximum Gasteiger partial charge on any atom is 0.268 e. The molecular weight excluding hydrogens is 356 g/mol. The average molecular weight is 385 g/mol. The molecule has 2 rings (SSSR count). The summed E-state index contributed by atoms with van der Waals surface area (Å²) in [6.07, 6.45) is 1.73. The molecule has 0 saturated heterocycles. The molecule has 1 aromatic heterocycles. The number of amides is 2. The van der Waals surface area contributed by atoms with E-state index in [1.54, 1.807) is 18.2 Å². The minimum Gasteiger partial charge on any atom is -0.348 e. The van der Waals surface area contributed by atoms with Crippen molar-refractivity contribution in [3.63, 3.8) is 0 Å². The molecule has 0 fully saturated rings. The molecule has 144 valence electrons. The van der Waals surface area contributed by atoms with Gasteiger partial charge in [0.1, 0.15) is 5.70 Å². The van der Waals surface area contributed by atoms with E-state index < -0.39 is 0 Å². The monoisotopic (exact) mass is 384 g/mol. The van der Waals surface area contributed by atoms with Crippen LogP contribution in [0.15, 0.2) is 47.5 Å². The molecule has 0 unspecified atom stereocenters. The van der Waals surface area contributed by atoms with Gasteiger partial charge in [0.15, 0.2) is 0 Å². The Bertz CT molecular complexity index is 782. The van der Waals surface area contributed by atoms with Crippen LogP contribution in [-0.4, -0.2) is 17.9 Å². The standard InChI is InChI=1S/C22H28N2O2S/c1-14(2)20(15(3)4)24-22(26)19(13-18-7-6-12-27-18)23-21(25)17-10-8-16(5)9-11-17/h6-15,20H,1-5H3,(H,23,25)(H,24,26)/b19-13-. The van der Waals surface area contributed by atoms with Crippen LogP contribution in [0.25, 0.3) is 6.08 Å². The van der Waals surface area contributed by atoms with Gasteiger partial charge >= 0.3 is 0 Å². The van der Waals surface area contributed by atoms with Gasteiger partial charge in [0.05, 0.1) is 0 Å². The summed E-state index contributed by atoms with van der Waals surface area (Å²) in [4.78, 5) is 26.5. The number of carbonyl (C=O) groups excluding carboxylic acids is 2. The lowest BCUT2D eigenvalue weighted by Crippen LogP contribution is -2.45. The molecule has 0 aliphatic rings. The third-order valence-electron chi connectivity index (χ3n) is 4.37. The minimum atomic E-state index is -0.293. The fraction of sp³-hybridized carbons (Fsp3) is 0.364. The number of hydrogen-bond acceptors (Lipinski definition) is 3. The fourth-order valence-corrected chi connectivity index (χ4v) is 3.56. The van der Waals surface area contributed by atoms with Gasteiger partial charge in [0.25, 0.3) is 11.8 Å². The zero-order valence-corrected chi connectivity index (χ0v) is 17.4. The largest absolute Gasteiger partial charge is 0.348 e. The number of rotatable bonds is 7. The van der Waals surface area contributed by atoms with Crippen molar-refractivity contribution in [1.29, 1.82) is 0 Å². The summed E-state index contributed by atoms with van der Waals surface area (Å²) < 4.78 is 0. The lowest BCUT2D eigenvalue weighted by molar-refractivity contribution is -0.119. The van der Waals surface area contributed by atoms with Crippen molar-refractivity contribution in [3.05, 3.63) is 63.5 Å². The molecule has 0 aliphatic heterocycles. The maximum absolute atomic E-state index is 12.9. The first-order chi connectivity index (χ1) is 12.8. The van der Waals surface area contributed by atoms with Gasteiger partial charge in [0, 0.05) is 16.5 Å². The maximum atomic E-state index is 12.9. The minimum absolute atomic E-state index is 0.0283. The third-order valence-corrected chi connectivity index (χ3v) is 5.19. The second-order valence-corrected chi connectivity index (χ2v) is 8.36. The molecule has 0 atom stereocenters. The normalized spacial score (nSPS) is 11.9. The Labute approximate surface area is 165 Å². The van der Waals surface area contributed by atoms with E-state index in [0.29, 0.717) is 17.4 Å². The second kappa shape index (κ2) is 9.51. The van der Waals surface area contributed by atoms with E-state index in [-0.39, 0.29) is 23.6 Å². The molecule has 4 nitrogen and oxygen atoms in total. The van der Waals surface area contributed by atoms with E-state index in [2.05, 4.69) is 38.3 Å². The molecule has 0 saturated carbocycles. The van der Waals surface area contributed by atoms with Crippen LogP contribution in [0.5, 0.6) is 0 Å². The third kappa shape index (κ3) is 6.07. The Morgan fingerprint density at radius 1 is 1.00 bits per heavy atom. The van der Waals surface area contributed by atoms with Gasteiger partial charge in [-0.2, -0.15) is 0 Å². The highest BCUT2D eigenvalue weighted by Gasteiger charge is 2.23. The van der Waals surface area contributed by atoms with Crippen molar-refractivity contribution in [2.45, 2.75) is 40.7 Å². The van der Waals surface area contributed by atoms with Crippen molar-refractivity contribution in [2.24, 2.45) is 11.8 Å². The van der Waals surface area contributed by atoms with Gasteiger partial charge in [-0.3, -0.25) is 9.59 Å². The van der Waals surface area contributed by atoms with Gasteiger partial charge in [-0.25, -0.2) is 0 Å².